The van der Waals surface area contributed by atoms with E-state index in [0.717, 1.165) is 25.7 Å². The fourth-order valence-electron chi connectivity index (χ4n) is 4.93. The molecule has 1 heterocycles. The van der Waals surface area contributed by atoms with Crippen LogP contribution in [0.5, 0.6) is 5.75 Å². The van der Waals surface area contributed by atoms with Crippen molar-refractivity contribution in [3.63, 3.8) is 0 Å². The molecule has 31 heavy (non-hydrogen) atoms. The maximum Gasteiger partial charge on any atom is 0.235 e. The van der Waals surface area contributed by atoms with Crippen LogP contribution in [0.3, 0.4) is 0 Å². The molecule has 2 aromatic rings. The van der Waals surface area contributed by atoms with E-state index in [1.807, 2.05) is 42.5 Å². The lowest BCUT2D eigenvalue weighted by molar-refractivity contribution is -0.143. The van der Waals surface area contributed by atoms with Gasteiger partial charge in [-0.3, -0.25) is 14.5 Å². The summed E-state index contributed by atoms with van der Waals surface area (Å²) < 4.78 is 5.74. The smallest absolute Gasteiger partial charge is 0.235 e. The molecule has 1 atom stereocenters. The molecule has 1 aliphatic heterocycles. The predicted octanol–water partition coefficient (Wildman–Crippen LogP) is 4.07. The molecular weight excluding hydrogens is 390 g/mol. The molecule has 1 N–H and O–H groups in total. The van der Waals surface area contributed by atoms with Crippen molar-refractivity contribution in [3.05, 3.63) is 65.7 Å². The highest BCUT2D eigenvalue weighted by molar-refractivity contribution is 6.06. The van der Waals surface area contributed by atoms with Gasteiger partial charge in [0.25, 0.3) is 0 Å². The first-order valence-corrected chi connectivity index (χ1v) is 11.1. The number of imide groups is 1. The van der Waals surface area contributed by atoms with Gasteiger partial charge >= 0.3 is 0 Å². The maximum absolute atomic E-state index is 12.8. The molecule has 2 aliphatic rings. The zero-order chi connectivity index (χ0) is 22.1. The highest BCUT2D eigenvalue weighted by Crippen LogP contribution is 2.46. The van der Waals surface area contributed by atoms with Gasteiger partial charge in [0.2, 0.25) is 11.8 Å². The van der Waals surface area contributed by atoms with E-state index in [-0.39, 0.29) is 36.8 Å². The van der Waals surface area contributed by atoms with Crippen LogP contribution in [-0.2, 0) is 15.0 Å². The molecule has 1 saturated heterocycles. The average Bonchev–Trinajstić information content (AvgIpc) is 3.34. The minimum Gasteiger partial charge on any atom is -0.491 e. The van der Waals surface area contributed by atoms with Crippen molar-refractivity contribution in [1.82, 2.24) is 4.90 Å². The molecule has 1 aliphatic carbocycles. The molecule has 4 rings (SSSR count). The number of aliphatic hydroxyl groups is 1. The summed E-state index contributed by atoms with van der Waals surface area (Å²) in [5.41, 5.74) is 1.77. The van der Waals surface area contributed by atoms with Gasteiger partial charge in [-0.05, 0) is 36.1 Å². The van der Waals surface area contributed by atoms with Crippen LogP contribution in [0.15, 0.2) is 54.6 Å². The van der Waals surface area contributed by atoms with Gasteiger partial charge in [0.1, 0.15) is 18.5 Å². The van der Waals surface area contributed by atoms with E-state index in [2.05, 4.69) is 26.0 Å². The van der Waals surface area contributed by atoms with Gasteiger partial charge in [0.05, 0.1) is 12.0 Å². The second kappa shape index (κ2) is 8.46. The molecule has 1 saturated carbocycles. The van der Waals surface area contributed by atoms with Gasteiger partial charge < -0.3 is 9.84 Å². The van der Waals surface area contributed by atoms with E-state index in [4.69, 9.17) is 4.74 Å². The highest BCUT2D eigenvalue weighted by atomic mass is 16.5. The molecule has 2 amide bonds. The first-order chi connectivity index (χ1) is 14.8. The van der Waals surface area contributed by atoms with Crippen molar-refractivity contribution in [2.24, 2.45) is 5.41 Å². The SMILES string of the molecule is CC(C)(c1ccccc1)c1ccc(OCC(O)CN2C(=O)CC3(CCCC3)C2=O)cc1. The number of benzene rings is 2. The van der Waals surface area contributed by atoms with Gasteiger partial charge in [-0.2, -0.15) is 0 Å². The van der Waals surface area contributed by atoms with E-state index < -0.39 is 11.5 Å². The Balaban J connectivity index is 1.33. The summed E-state index contributed by atoms with van der Waals surface area (Å²) in [4.78, 5) is 26.3. The number of β-amino-alcohol motifs (C(OH)–C–C–N with tert-alkyl or cyclic N) is 1. The molecule has 1 spiro atoms. The highest BCUT2D eigenvalue weighted by Gasteiger charge is 2.52. The molecule has 0 aromatic heterocycles. The normalized spacial score (nSPS) is 19.3. The number of likely N-dealkylation sites (tertiary alicyclic amines) is 1. The third kappa shape index (κ3) is 4.24. The van der Waals surface area contributed by atoms with Crippen molar-refractivity contribution in [2.45, 2.75) is 57.5 Å². The van der Waals surface area contributed by atoms with E-state index >= 15 is 0 Å². The number of rotatable bonds is 7. The van der Waals surface area contributed by atoms with E-state index in [1.54, 1.807) is 0 Å². The van der Waals surface area contributed by atoms with E-state index in [1.165, 1.54) is 16.0 Å². The molecule has 0 bridgehead atoms. The fourth-order valence-corrected chi connectivity index (χ4v) is 4.93. The standard InChI is InChI=1S/C26H31NO4/c1-25(2,19-8-4-3-5-9-19)20-10-12-22(13-11-20)31-18-21(28)17-27-23(29)16-26(24(27)30)14-6-7-15-26/h3-5,8-13,21,28H,6-7,14-18H2,1-2H3. The topological polar surface area (TPSA) is 66.8 Å². The second-order valence-corrected chi connectivity index (χ2v) is 9.45. The Kier molecular flexibility index (Phi) is 5.89. The number of hydrogen-bond donors (Lipinski definition) is 1. The second-order valence-electron chi connectivity index (χ2n) is 9.45. The number of carbonyl (C=O) groups excluding carboxylic acids is 2. The van der Waals surface area contributed by atoms with Crippen molar-refractivity contribution in [3.8, 4) is 5.75 Å². The Morgan fingerprint density at radius 3 is 2.26 bits per heavy atom. The summed E-state index contributed by atoms with van der Waals surface area (Å²) in [6, 6.07) is 18.2. The Hall–Kier alpha value is -2.66. The van der Waals surface area contributed by atoms with Crippen LogP contribution in [0.2, 0.25) is 0 Å². The summed E-state index contributed by atoms with van der Waals surface area (Å²) in [5.74, 6) is 0.373. The van der Waals surface area contributed by atoms with Crippen LogP contribution in [-0.4, -0.2) is 41.1 Å². The lowest BCUT2D eigenvalue weighted by Crippen LogP contribution is -2.41. The molecule has 5 nitrogen and oxygen atoms in total. The Morgan fingerprint density at radius 2 is 1.61 bits per heavy atom. The summed E-state index contributed by atoms with van der Waals surface area (Å²) in [6.45, 7) is 4.40. The number of aliphatic hydroxyl groups excluding tert-OH is 1. The van der Waals surface area contributed by atoms with Crippen LogP contribution in [0.25, 0.3) is 0 Å². The van der Waals surface area contributed by atoms with E-state index in [0.29, 0.717) is 5.75 Å². The maximum atomic E-state index is 12.8. The number of amides is 2. The quantitative estimate of drug-likeness (QED) is 0.685. The number of nitrogens with zero attached hydrogens (tertiary/aromatic N) is 1. The molecule has 164 valence electrons. The van der Waals surface area contributed by atoms with Crippen molar-refractivity contribution in [1.29, 1.82) is 0 Å². The van der Waals surface area contributed by atoms with Crippen LogP contribution >= 0.6 is 0 Å². The van der Waals surface area contributed by atoms with Crippen LogP contribution in [0.1, 0.15) is 57.1 Å². The fraction of sp³-hybridized carbons (Fsp3) is 0.462. The largest absolute Gasteiger partial charge is 0.491 e. The summed E-state index contributed by atoms with van der Waals surface area (Å²) in [6.07, 6.45) is 2.94. The number of carbonyl (C=O) groups is 2. The molecule has 2 aromatic carbocycles. The van der Waals surface area contributed by atoms with Gasteiger partial charge in [-0.15, -0.1) is 0 Å². The zero-order valence-electron chi connectivity index (χ0n) is 18.3. The first-order valence-electron chi connectivity index (χ1n) is 11.1. The number of ether oxygens (including phenoxy) is 1. The van der Waals surface area contributed by atoms with Gasteiger partial charge in [0, 0.05) is 11.8 Å². The molecule has 1 unspecified atom stereocenters. The minimum atomic E-state index is -0.912. The minimum absolute atomic E-state index is 0.00145. The molecule has 5 heteroatoms. The summed E-state index contributed by atoms with van der Waals surface area (Å²) in [7, 11) is 0. The van der Waals surface area contributed by atoms with Gasteiger partial charge in [0.15, 0.2) is 0 Å². The molecule has 0 radical (unpaired) electrons. The molecular formula is C26H31NO4. The molecule has 2 fully saturated rings. The van der Waals surface area contributed by atoms with Crippen molar-refractivity contribution >= 4 is 11.8 Å². The van der Waals surface area contributed by atoms with Crippen molar-refractivity contribution < 1.29 is 19.4 Å². The zero-order valence-corrected chi connectivity index (χ0v) is 18.3. The Labute approximate surface area is 184 Å². The summed E-state index contributed by atoms with van der Waals surface area (Å²) in [5, 5.41) is 10.4. The van der Waals surface area contributed by atoms with Gasteiger partial charge in [-0.1, -0.05) is 69.2 Å². The third-order valence-corrected chi connectivity index (χ3v) is 6.96. The summed E-state index contributed by atoms with van der Waals surface area (Å²) >= 11 is 0. The number of hydrogen-bond acceptors (Lipinski definition) is 4. The Bertz CT molecular complexity index is 930. The average molecular weight is 422 g/mol. The Morgan fingerprint density at radius 1 is 1.00 bits per heavy atom. The van der Waals surface area contributed by atoms with Crippen LogP contribution < -0.4 is 4.74 Å². The van der Waals surface area contributed by atoms with Gasteiger partial charge in [-0.25, -0.2) is 0 Å². The lowest BCUT2D eigenvalue weighted by atomic mass is 9.78. The van der Waals surface area contributed by atoms with Crippen LogP contribution in [0.4, 0.5) is 0 Å². The van der Waals surface area contributed by atoms with E-state index in [9.17, 15) is 14.7 Å². The third-order valence-electron chi connectivity index (χ3n) is 6.96. The lowest BCUT2D eigenvalue weighted by Gasteiger charge is -2.26. The predicted molar refractivity (Wildman–Crippen MR) is 119 cm³/mol. The monoisotopic (exact) mass is 421 g/mol. The first kappa shape index (κ1) is 21.6. The van der Waals surface area contributed by atoms with Crippen molar-refractivity contribution in [2.75, 3.05) is 13.2 Å². The van der Waals surface area contributed by atoms with Crippen LogP contribution in [0, 0.1) is 5.41 Å².